The van der Waals surface area contributed by atoms with Gasteiger partial charge in [0.1, 0.15) is 0 Å². The van der Waals surface area contributed by atoms with Gasteiger partial charge in [-0.1, -0.05) is 12.1 Å². The van der Waals surface area contributed by atoms with Crippen LogP contribution in [0.5, 0.6) is 0 Å². The lowest BCUT2D eigenvalue weighted by Crippen LogP contribution is -2.38. The average Bonchev–Trinajstić information content (AvgIpc) is 2.44. The zero-order chi connectivity index (χ0) is 15.7. The second kappa shape index (κ2) is 8.15. The number of benzene rings is 1. The Morgan fingerprint density at radius 3 is 2.43 bits per heavy atom. The summed E-state index contributed by atoms with van der Waals surface area (Å²) in [5.41, 5.74) is 1.43. The van der Waals surface area contributed by atoms with Crippen LogP contribution in [0, 0.1) is 11.3 Å². The van der Waals surface area contributed by atoms with Crippen LogP contribution in [-0.4, -0.2) is 25.2 Å². The largest absolute Gasteiger partial charge is 0.390 e. The molecule has 4 nitrogen and oxygen atoms in total. The zero-order valence-electron chi connectivity index (χ0n) is 11.7. The van der Waals surface area contributed by atoms with Gasteiger partial charge in [0, 0.05) is 13.1 Å². The first-order valence-corrected chi connectivity index (χ1v) is 6.52. The van der Waals surface area contributed by atoms with Crippen molar-refractivity contribution in [2.45, 2.75) is 26.1 Å². The Morgan fingerprint density at radius 2 is 1.90 bits per heavy atom. The van der Waals surface area contributed by atoms with E-state index in [9.17, 15) is 13.2 Å². The number of nitrogens with zero attached hydrogens (tertiary/aromatic N) is 2. The van der Waals surface area contributed by atoms with Crippen molar-refractivity contribution in [3.8, 4) is 6.07 Å². The van der Waals surface area contributed by atoms with Crippen molar-refractivity contribution < 1.29 is 13.2 Å². The number of nitrogens with one attached hydrogen (secondary N) is 2. The molecule has 0 radical (unpaired) electrons. The van der Waals surface area contributed by atoms with Gasteiger partial charge in [0.15, 0.2) is 5.96 Å². The predicted molar refractivity (Wildman–Crippen MR) is 74.6 cm³/mol. The van der Waals surface area contributed by atoms with Crippen molar-refractivity contribution in [3.05, 3.63) is 35.4 Å². The molecule has 0 amide bonds. The van der Waals surface area contributed by atoms with Crippen LogP contribution in [0.1, 0.15) is 24.5 Å². The van der Waals surface area contributed by atoms with E-state index in [1.165, 1.54) is 0 Å². The van der Waals surface area contributed by atoms with Crippen molar-refractivity contribution in [1.29, 1.82) is 5.26 Å². The number of hydrogen-bond donors (Lipinski definition) is 2. The quantitative estimate of drug-likeness (QED) is 0.649. The number of alkyl halides is 3. The van der Waals surface area contributed by atoms with Gasteiger partial charge in [0.05, 0.1) is 24.6 Å². The Kier molecular flexibility index (Phi) is 6.53. The molecule has 0 aliphatic heterocycles. The van der Waals surface area contributed by atoms with Crippen molar-refractivity contribution in [2.75, 3.05) is 13.1 Å². The van der Waals surface area contributed by atoms with Gasteiger partial charge >= 0.3 is 6.18 Å². The summed E-state index contributed by atoms with van der Waals surface area (Å²) in [7, 11) is 0. The standard InChI is InChI=1S/C14H17F3N4/c1-2-19-13(20-8-7-14(15,16)17)21-10-12-5-3-11(9-18)4-6-12/h3-6H,2,7-8,10H2,1H3,(H2,19,20,21). The number of hydrogen-bond acceptors (Lipinski definition) is 2. The molecule has 1 aromatic carbocycles. The van der Waals surface area contributed by atoms with Crippen LogP contribution in [0.15, 0.2) is 29.3 Å². The molecule has 2 N–H and O–H groups in total. The Morgan fingerprint density at radius 1 is 1.24 bits per heavy atom. The second-order valence-corrected chi connectivity index (χ2v) is 4.30. The maximum absolute atomic E-state index is 12.1. The number of halogens is 3. The summed E-state index contributed by atoms with van der Waals surface area (Å²) in [5.74, 6) is 0.339. The summed E-state index contributed by atoms with van der Waals surface area (Å²) in [5, 5.41) is 14.2. The maximum Gasteiger partial charge on any atom is 0.390 e. The second-order valence-electron chi connectivity index (χ2n) is 4.30. The maximum atomic E-state index is 12.1. The van der Waals surface area contributed by atoms with Crippen LogP contribution in [0.3, 0.4) is 0 Å². The molecule has 114 valence electrons. The number of nitriles is 1. The fourth-order valence-corrected chi connectivity index (χ4v) is 1.52. The molecule has 0 saturated carbocycles. The molecule has 0 aromatic heterocycles. The molecule has 1 aromatic rings. The molecule has 0 aliphatic rings. The molecular weight excluding hydrogens is 281 g/mol. The summed E-state index contributed by atoms with van der Waals surface area (Å²) in [6.45, 7) is 2.50. The van der Waals surface area contributed by atoms with E-state index >= 15 is 0 Å². The summed E-state index contributed by atoms with van der Waals surface area (Å²) in [6, 6.07) is 8.90. The van der Waals surface area contributed by atoms with Gasteiger partial charge in [0.2, 0.25) is 0 Å². The van der Waals surface area contributed by atoms with E-state index in [0.717, 1.165) is 5.56 Å². The fourth-order valence-electron chi connectivity index (χ4n) is 1.52. The third-order valence-electron chi connectivity index (χ3n) is 2.55. The minimum absolute atomic E-state index is 0.220. The van der Waals surface area contributed by atoms with Gasteiger partial charge in [-0.2, -0.15) is 18.4 Å². The molecule has 0 spiro atoms. The van der Waals surface area contributed by atoms with Crippen LogP contribution < -0.4 is 10.6 Å². The van der Waals surface area contributed by atoms with Crippen LogP contribution >= 0.6 is 0 Å². The van der Waals surface area contributed by atoms with Gasteiger partial charge in [0.25, 0.3) is 0 Å². The lowest BCUT2D eigenvalue weighted by molar-refractivity contribution is -0.132. The van der Waals surface area contributed by atoms with E-state index in [4.69, 9.17) is 5.26 Å². The van der Waals surface area contributed by atoms with E-state index in [0.29, 0.717) is 24.6 Å². The smallest absolute Gasteiger partial charge is 0.357 e. The van der Waals surface area contributed by atoms with Crippen molar-refractivity contribution in [3.63, 3.8) is 0 Å². The van der Waals surface area contributed by atoms with Gasteiger partial charge in [-0.05, 0) is 24.6 Å². The lowest BCUT2D eigenvalue weighted by Gasteiger charge is -2.12. The first kappa shape index (κ1) is 16.8. The summed E-state index contributed by atoms with van der Waals surface area (Å²) >= 11 is 0. The molecule has 0 fully saturated rings. The normalized spacial score (nSPS) is 11.9. The van der Waals surface area contributed by atoms with Crippen LogP contribution in [-0.2, 0) is 6.54 Å². The minimum atomic E-state index is -4.18. The third kappa shape index (κ3) is 7.20. The predicted octanol–water partition coefficient (Wildman–Crippen LogP) is 2.57. The van der Waals surface area contributed by atoms with E-state index in [-0.39, 0.29) is 6.54 Å². The Balaban J connectivity index is 2.56. The van der Waals surface area contributed by atoms with Crippen molar-refractivity contribution >= 4 is 5.96 Å². The zero-order valence-corrected chi connectivity index (χ0v) is 11.7. The van der Waals surface area contributed by atoms with E-state index < -0.39 is 12.6 Å². The molecular formula is C14H17F3N4. The van der Waals surface area contributed by atoms with Crippen molar-refractivity contribution in [1.82, 2.24) is 10.6 Å². The molecule has 0 unspecified atom stereocenters. The van der Waals surface area contributed by atoms with Gasteiger partial charge in [-0.3, -0.25) is 0 Å². The van der Waals surface area contributed by atoms with E-state index in [1.54, 1.807) is 24.3 Å². The van der Waals surface area contributed by atoms with Crippen molar-refractivity contribution in [2.24, 2.45) is 4.99 Å². The van der Waals surface area contributed by atoms with E-state index in [2.05, 4.69) is 15.6 Å². The Labute approximate surface area is 121 Å². The molecule has 0 atom stereocenters. The van der Waals surface area contributed by atoms with Gasteiger partial charge in [-0.25, -0.2) is 4.99 Å². The fraction of sp³-hybridized carbons (Fsp3) is 0.429. The SMILES string of the molecule is CCNC(=NCc1ccc(C#N)cc1)NCCC(F)(F)F. The molecule has 0 bridgehead atoms. The number of aliphatic imine (C=N–C) groups is 1. The molecule has 0 heterocycles. The van der Waals surface area contributed by atoms with Gasteiger partial charge in [-0.15, -0.1) is 0 Å². The molecule has 7 heteroatoms. The first-order chi connectivity index (χ1) is 9.94. The highest BCUT2D eigenvalue weighted by Crippen LogP contribution is 2.18. The minimum Gasteiger partial charge on any atom is -0.357 e. The number of rotatable bonds is 5. The molecule has 21 heavy (non-hydrogen) atoms. The highest BCUT2D eigenvalue weighted by atomic mass is 19.4. The monoisotopic (exact) mass is 298 g/mol. The molecule has 0 aliphatic carbocycles. The lowest BCUT2D eigenvalue weighted by atomic mass is 10.1. The summed E-state index contributed by atoms with van der Waals surface area (Å²) < 4.78 is 36.3. The highest BCUT2D eigenvalue weighted by Gasteiger charge is 2.26. The Bertz CT molecular complexity index is 500. The highest BCUT2D eigenvalue weighted by molar-refractivity contribution is 5.79. The molecule has 1 rings (SSSR count). The third-order valence-corrected chi connectivity index (χ3v) is 2.55. The summed E-state index contributed by atoms with van der Waals surface area (Å²) in [6.07, 6.45) is -5.09. The Hall–Kier alpha value is -2.23. The summed E-state index contributed by atoms with van der Waals surface area (Å²) in [4.78, 5) is 4.20. The van der Waals surface area contributed by atoms with Gasteiger partial charge < -0.3 is 10.6 Å². The van der Waals surface area contributed by atoms with Crippen LogP contribution in [0.25, 0.3) is 0 Å². The van der Waals surface area contributed by atoms with Crippen LogP contribution in [0.2, 0.25) is 0 Å². The first-order valence-electron chi connectivity index (χ1n) is 6.52. The van der Waals surface area contributed by atoms with E-state index in [1.807, 2.05) is 13.0 Å². The van der Waals surface area contributed by atoms with Crippen LogP contribution in [0.4, 0.5) is 13.2 Å². The average molecular weight is 298 g/mol. The topological polar surface area (TPSA) is 60.2 Å². The molecule has 0 saturated heterocycles. The number of guanidine groups is 1.